The van der Waals surface area contributed by atoms with E-state index in [-0.39, 0.29) is 5.75 Å². The van der Waals surface area contributed by atoms with Crippen molar-refractivity contribution in [3.05, 3.63) is 53.2 Å². The highest BCUT2D eigenvalue weighted by Gasteiger charge is 2.11. The number of aromatic hydroxyl groups is 1. The minimum atomic E-state index is 0.244. The lowest BCUT2D eigenvalue weighted by Crippen LogP contribution is -1.88. The van der Waals surface area contributed by atoms with Gasteiger partial charge in [0.15, 0.2) is 0 Å². The fourth-order valence-electron chi connectivity index (χ4n) is 1.66. The average molecular weight is 258 g/mol. The van der Waals surface area contributed by atoms with Crippen LogP contribution in [0.2, 0.25) is 0 Å². The van der Waals surface area contributed by atoms with E-state index in [1.165, 1.54) is 0 Å². The number of rotatable bonds is 3. The summed E-state index contributed by atoms with van der Waals surface area (Å²) in [5.41, 5.74) is 0.777. The van der Waals surface area contributed by atoms with Crippen molar-refractivity contribution in [2.75, 3.05) is 0 Å². The third-order valence-electron chi connectivity index (χ3n) is 2.54. The summed E-state index contributed by atoms with van der Waals surface area (Å²) in [6.45, 7) is 0. The Morgan fingerprint density at radius 1 is 1.17 bits per heavy atom. The maximum absolute atomic E-state index is 9.67. The highest BCUT2D eigenvalue weighted by atomic mass is 32.1. The molecule has 2 heterocycles. The maximum atomic E-state index is 9.67. The summed E-state index contributed by atoms with van der Waals surface area (Å²) >= 11 is 1.56. The predicted molar refractivity (Wildman–Crippen MR) is 68.5 cm³/mol. The summed E-state index contributed by atoms with van der Waals surface area (Å²) in [6, 6.07) is 11.0. The molecule has 5 heteroatoms. The van der Waals surface area contributed by atoms with Crippen molar-refractivity contribution in [2.45, 2.75) is 6.42 Å². The van der Waals surface area contributed by atoms with Crippen LogP contribution >= 0.6 is 11.3 Å². The lowest BCUT2D eigenvalue weighted by atomic mass is 10.1. The molecule has 3 aromatic rings. The van der Waals surface area contributed by atoms with E-state index in [1.54, 1.807) is 23.5 Å². The largest absolute Gasteiger partial charge is 0.508 e. The normalized spacial score (nSPS) is 10.7. The Balaban J connectivity index is 1.85. The standard InChI is InChI=1S/C13H10N2O2S/c16-10-5-2-1-4-9(10)8-12-14-13(15-17-12)11-6-3-7-18-11/h1-7,16H,8H2. The molecular weight excluding hydrogens is 248 g/mol. The molecule has 0 aliphatic rings. The first-order valence-corrected chi connectivity index (χ1v) is 6.34. The fourth-order valence-corrected chi connectivity index (χ4v) is 2.30. The molecule has 0 aliphatic carbocycles. The Morgan fingerprint density at radius 2 is 2.06 bits per heavy atom. The summed E-state index contributed by atoms with van der Waals surface area (Å²) in [5.74, 6) is 1.34. The number of benzene rings is 1. The molecule has 0 atom stereocenters. The second-order valence-electron chi connectivity index (χ2n) is 3.79. The van der Waals surface area contributed by atoms with Gasteiger partial charge in [-0.3, -0.25) is 0 Å². The van der Waals surface area contributed by atoms with Crippen LogP contribution in [0.1, 0.15) is 11.5 Å². The number of nitrogens with zero attached hydrogens (tertiary/aromatic N) is 2. The summed E-state index contributed by atoms with van der Waals surface area (Å²) in [7, 11) is 0. The van der Waals surface area contributed by atoms with Crippen LogP contribution in [0.3, 0.4) is 0 Å². The van der Waals surface area contributed by atoms with Crippen LogP contribution in [-0.4, -0.2) is 15.2 Å². The molecule has 4 nitrogen and oxygen atoms in total. The Hall–Kier alpha value is -2.14. The SMILES string of the molecule is Oc1ccccc1Cc1nc(-c2cccs2)no1. The number of aromatic nitrogens is 2. The van der Waals surface area contributed by atoms with E-state index in [1.807, 2.05) is 29.6 Å². The van der Waals surface area contributed by atoms with Crippen LogP contribution in [0.5, 0.6) is 5.75 Å². The quantitative estimate of drug-likeness (QED) is 0.784. The summed E-state index contributed by atoms with van der Waals surface area (Å²) in [5, 5.41) is 15.6. The van der Waals surface area contributed by atoms with Gasteiger partial charge in [0.2, 0.25) is 11.7 Å². The topological polar surface area (TPSA) is 59.2 Å². The lowest BCUT2D eigenvalue weighted by molar-refractivity contribution is 0.383. The molecule has 0 fully saturated rings. The van der Waals surface area contributed by atoms with E-state index < -0.39 is 0 Å². The number of phenols is 1. The number of thiophene rings is 1. The molecular formula is C13H10N2O2S. The number of phenolic OH excluding ortho intramolecular Hbond substituents is 1. The molecule has 0 spiro atoms. The molecule has 0 saturated heterocycles. The van der Waals surface area contributed by atoms with Crippen LogP contribution < -0.4 is 0 Å². The van der Waals surface area contributed by atoms with Crippen molar-refractivity contribution < 1.29 is 9.63 Å². The summed E-state index contributed by atoms with van der Waals surface area (Å²) in [6.07, 6.45) is 0.436. The Bertz CT molecular complexity index is 647. The molecule has 0 unspecified atom stereocenters. The summed E-state index contributed by atoms with van der Waals surface area (Å²) in [4.78, 5) is 5.28. The molecule has 0 radical (unpaired) electrons. The average Bonchev–Trinajstić information content (AvgIpc) is 3.02. The van der Waals surface area contributed by atoms with Crippen molar-refractivity contribution in [1.82, 2.24) is 10.1 Å². The van der Waals surface area contributed by atoms with Gasteiger partial charge in [-0.05, 0) is 17.5 Å². The molecule has 2 aromatic heterocycles. The van der Waals surface area contributed by atoms with Crippen LogP contribution in [-0.2, 0) is 6.42 Å². The van der Waals surface area contributed by atoms with Gasteiger partial charge in [0.05, 0.1) is 11.3 Å². The van der Waals surface area contributed by atoms with Gasteiger partial charge in [0.25, 0.3) is 0 Å². The smallest absolute Gasteiger partial charge is 0.231 e. The third-order valence-corrected chi connectivity index (χ3v) is 3.41. The molecule has 18 heavy (non-hydrogen) atoms. The zero-order chi connectivity index (χ0) is 12.4. The molecule has 0 aliphatic heterocycles. The molecule has 0 bridgehead atoms. The number of hydrogen-bond acceptors (Lipinski definition) is 5. The van der Waals surface area contributed by atoms with Gasteiger partial charge in [-0.15, -0.1) is 11.3 Å². The highest BCUT2D eigenvalue weighted by Crippen LogP contribution is 2.23. The number of para-hydroxylation sites is 1. The zero-order valence-corrected chi connectivity index (χ0v) is 10.2. The molecule has 0 amide bonds. The summed E-state index contributed by atoms with van der Waals surface area (Å²) < 4.78 is 5.18. The first-order chi connectivity index (χ1) is 8.83. The van der Waals surface area contributed by atoms with Crippen molar-refractivity contribution in [3.8, 4) is 16.5 Å². The third kappa shape index (κ3) is 2.12. The second-order valence-corrected chi connectivity index (χ2v) is 4.74. The first-order valence-electron chi connectivity index (χ1n) is 5.46. The van der Waals surface area contributed by atoms with E-state index in [2.05, 4.69) is 10.1 Å². The van der Waals surface area contributed by atoms with E-state index >= 15 is 0 Å². The minimum absolute atomic E-state index is 0.244. The van der Waals surface area contributed by atoms with E-state index in [9.17, 15) is 5.11 Å². The Labute approximate surface area is 108 Å². The van der Waals surface area contributed by atoms with Crippen molar-refractivity contribution in [1.29, 1.82) is 0 Å². The first kappa shape index (κ1) is 11.0. The minimum Gasteiger partial charge on any atom is -0.508 e. The van der Waals surface area contributed by atoms with Crippen molar-refractivity contribution in [3.63, 3.8) is 0 Å². The van der Waals surface area contributed by atoms with Crippen LogP contribution in [0, 0.1) is 0 Å². The van der Waals surface area contributed by atoms with E-state index in [0.717, 1.165) is 10.4 Å². The van der Waals surface area contributed by atoms with Gasteiger partial charge >= 0.3 is 0 Å². The lowest BCUT2D eigenvalue weighted by Gasteiger charge is -1.99. The van der Waals surface area contributed by atoms with Gasteiger partial charge in [-0.1, -0.05) is 29.4 Å². The second kappa shape index (κ2) is 4.62. The van der Waals surface area contributed by atoms with E-state index in [0.29, 0.717) is 18.1 Å². The molecule has 1 N–H and O–H groups in total. The van der Waals surface area contributed by atoms with Gasteiger partial charge < -0.3 is 9.63 Å². The van der Waals surface area contributed by atoms with Crippen molar-refractivity contribution >= 4 is 11.3 Å². The molecule has 3 rings (SSSR count). The Kier molecular flexibility index (Phi) is 2.82. The molecule has 1 aromatic carbocycles. The van der Waals surface area contributed by atoms with Gasteiger partial charge in [0, 0.05) is 5.56 Å². The molecule has 90 valence electrons. The van der Waals surface area contributed by atoms with Crippen LogP contribution in [0.4, 0.5) is 0 Å². The van der Waals surface area contributed by atoms with Crippen LogP contribution in [0.15, 0.2) is 46.3 Å². The zero-order valence-electron chi connectivity index (χ0n) is 9.41. The van der Waals surface area contributed by atoms with E-state index in [4.69, 9.17) is 4.52 Å². The van der Waals surface area contributed by atoms with Crippen LogP contribution in [0.25, 0.3) is 10.7 Å². The predicted octanol–water partition coefficient (Wildman–Crippen LogP) is 3.09. The van der Waals surface area contributed by atoms with Gasteiger partial charge in [-0.25, -0.2) is 0 Å². The van der Waals surface area contributed by atoms with Gasteiger partial charge in [-0.2, -0.15) is 4.98 Å². The Morgan fingerprint density at radius 3 is 2.83 bits per heavy atom. The highest BCUT2D eigenvalue weighted by molar-refractivity contribution is 7.13. The fraction of sp³-hybridized carbons (Fsp3) is 0.0769. The van der Waals surface area contributed by atoms with Crippen molar-refractivity contribution in [2.24, 2.45) is 0 Å². The number of hydrogen-bond donors (Lipinski definition) is 1. The molecule has 0 saturated carbocycles. The monoisotopic (exact) mass is 258 g/mol. The van der Waals surface area contributed by atoms with Gasteiger partial charge in [0.1, 0.15) is 5.75 Å². The maximum Gasteiger partial charge on any atom is 0.231 e.